The van der Waals surface area contributed by atoms with Gasteiger partial charge in [0, 0.05) is 37.6 Å². The van der Waals surface area contributed by atoms with E-state index in [4.69, 9.17) is 14.7 Å². The summed E-state index contributed by atoms with van der Waals surface area (Å²) < 4.78 is 10.6. The van der Waals surface area contributed by atoms with Gasteiger partial charge in [0.2, 0.25) is 0 Å². The molecule has 0 aromatic heterocycles. The maximum atomic E-state index is 11.5. The van der Waals surface area contributed by atoms with E-state index in [0.29, 0.717) is 31.7 Å². The highest BCUT2D eigenvalue weighted by Gasteiger charge is 2.11. The van der Waals surface area contributed by atoms with Crippen molar-refractivity contribution in [1.82, 2.24) is 4.90 Å². The number of hydrogen-bond donors (Lipinski definition) is 0. The summed E-state index contributed by atoms with van der Waals surface area (Å²) in [6.45, 7) is 2.74. The van der Waals surface area contributed by atoms with Crippen LogP contribution in [0.3, 0.4) is 0 Å². The fraction of sp³-hybridized carbons (Fsp3) is 0.467. The van der Waals surface area contributed by atoms with Crippen LogP contribution in [0.4, 0.5) is 0 Å². The molecule has 0 fully saturated rings. The second kappa shape index (κ2) is 9.50. The summed E-state index contributed by atoms with van der Waals surface area (Å²) in [6, 6.07) is 7.53. The minimum absolute atomic E-state index is 0.358. The number of rotatable bonds is 8. The van der Waals surface area contributed by atoms with Crippen molar-refractivity contribution in [1.29, 1.82) is 5.26 Å². The van der Waals surface area contributed by atoms with E-state index in [1.165, 1.54) is 7.11 Å². The Labute approximate surface area is 133 Å². The standard InChI is InChI=1S/C15H19BrN2O3/c1-20-9-8-18(7-3-6-17)11-13-5-4-12(10-14(13)16)15(19)21-2/h4-5,10H,3,7-9,11H2,1-2H3. The lowest BCUT2D eigenvalue weighted by Crippen LogP contribution is -2.28. The van der Waals surface area contributed by atoms with Crippen molar-refractivity contribution in [2.24, 2.45) is 0 Å². The van der Waals surface area contributed by atoms with E-state index in [2.05, 4.69) is 26.9 Å². The molecule has 0 radical (unpaired) electrons. The zero-order valence-corrected chi connectivity index (χ0v) is 13.9. The number of carbonyl (C=O) groups excluding carboxylic acids is 1. The highest BCUT2D eigenvalue weighted by atomic mass is 79.9. The third-order valence-electron chi connectivity index (χ3n) is 3.02. The molecule has 0 amide bonds. The molecule has 1 rings (SSSR count). The van der Waals surface area contributed by atoms with Crippen LogP contribution in [0.25, 0.3) is 0 Å². The van der Waals surface area contributed by atoms with Gasteiger partial charge in [-0.1, -0.05) is 22.0 Å². The van der Waals surface area contributed by atoms with Crippen LogP contribution < -0.4 is 0 Å². The van der Waals surface area contributed by atoms with Crippen molar-refractivity contribution in [3.8, 4) is 6.07 Å². The molecule has 0 N–H and O–H groups in total. The van der Waals surface area contributed by atoms with E-state index >= 15 is 0 Å². The first-order chi connectivity index (χ1) is 10.1. The van der Waals surface area contributed by atoms with Crippen LogP contribution in [0.2, 0.25) is 0 Å². The predicted molar refractivity (Wildman–Crippen MR) is 82.9 cm³/mol. The van der Waals surface area contributed by atoms with E-state index in [-0.39, 0.29) is 5.97 Å². The number of halogens is 1. The SMILES string of the molecule is COCCN(CCC#N)Cc1ccc(C(=O)OC)cc1Br. The summed E-state index contributed by atoms with van der Waals surface area (Å²) in [7, 11) is 3.02. The number of benzene rings is 1. The first-order valence-electron chi connectivity index (χ1n) is 6.57. The summed E-state index contributed by atoms with van der Waals surface area (Å²) in [4.78, 5) is 13.6. The summed E-state index contributed by atoms with van der Waals surface area (Å²) in [5.41, 5.74) is 1.56. The van der Waals surface area contributed by atoms with Crippen LogP contribution in [0.1, 0.15) is 22.3 Å². The van der Waals surface area contributed by atoms with Crippen molar-refractivity contribution in [3.05, 3.63) is 33.8 Å². The molecule has 0 saturated carbocycles. The number of nitriles is 1. The second-order valence-electron chi connectivity index (χ2n) is 4.47. The number of methoxy groups -OCH3 is 2. The Morgan fingerprint density at radius 1 is 1.38 bits per heavy atom. The third-order valence-corrected chi connectivity index (χ3v) is 3.76. The largest absolute Gasteiger partial charge is 0.465 e. The molecule has 114 valence electrons. The van der Waals surface area contributed by atoms with Crippen LogP contribution in [-0.2, 0) is 16.0 Å². The first-order valence-corrected chi connectivity index (χ1v) is 7.36. The molecule has 0 spiro atoms. The average Bonchev–Trinajstić information content (AvgIpc) is 2.50. The lowest BCUT2D eigenvalue weighted by atomic mass is 10.1. The van der Waals surface area contributed by atoms with Gasteiger partial charge in [-0.3, -0.25) is 4.90 Å². The highest BCUT2D eigenvalue weighted by molar-refractivity contribution is 9.10. The topological polar surface area (TPSA) is 62.6 Å². The molecule has 0 atom stereocenters. The van der Waals surface area contributed by atoms with Gasteiger partial charge >= 0.3 is 5.97 Å². The summed E-state index contributed by atoms with van der Waals surface area (Å²) >= 11 is 3.48. The Bertz CT molecular complexity index is 514. The maximum Gasteiger partial charge on any atom is 0.337 e. The van der Waals surface area contributed by atoms with Crippen molar-refractivity contribution >= 4 is 21.9 Å². The monoisotopic (exact) mass is 354 g/mol. The molecule has 0 unspecified atom stereocenters. The van der Waals surface area contributed by atoms with E-state index in [1.54, 1.807) is 19.2 Å². The van der Waals surface area contributed by atoms with Gasteiger partial charge < -0.3 is 9.47 Å². The van der Waals surface area contributed by atoms with E-state index < -0.39 is 0 Å². The molecule has 0 aliphatic rings. The fourth-order valence-corrected chi connectivity index (χ4v) is 2.36. The second-order valence-corrected chi connectivity index (χ2v) is 5.33. The number of ether oxygens (including phenoxy) is 2. The van der Waals surface area contributed by atoms with Gasteiger partial charge in [-0.25, -0.2) is 4.79 Å². The predicted octanol–water partition coefficient (Wildman–Crippen LogP) is 2.60. The van der Waals surface area contributed by atoms with Gasteiger partial charge in [0.25, 0.3) is 0 Å². The molecule has 0 saturated heterocycles. The summed E-state index contributed by atoms with van der Waals surface area (Å²) in [6.07, 6.45) is 0.474. The molecule has 1 aromatic carbocycles. The van der Waals surface area contributed by atoms with Crippen molar-refractivity contribution in [2.75, 3.05) is 33.9 Å². The lowest BCUT2D eigenvalue weighted by Gasteiger charge is -2.21. The van der Waals surface area contributed by atoms with Gasteiger partial charge in [0.1, 0.15) is 0 Å². The van der Waals surface area contributed by atoms with Crippen LogP contribution in [0.5, 0.6) is 0 Å². The number of carbonyl (C=O) groups is 1. The Morgan fingerprint density at radius 2 is 2.14 bits per heavy atom. The zero-order chi connectivity index (χ0) is 15.7. The minimum atomic E-state index is -0.358. The van der Waals surface area contributed by atoms with Gasteiger partial charge in [0.15, 0.2) is 0 Å². The average molecular weight is 355 g/mol. The Balaban J connectivity index is 2.78. The molecular weight excluding hydrogens is 336 g/mol. The molecular formula is C15H19BrN2O3. The molecule has 0 aliphatic carbocycles. The smallest absolute Gasteiger partial charge is 0.337 e. The molecule has 1 aromatic rings. The number of esters is 1. The number of hydrogen-bond acceptors (Lipinski definition) is 5. The zero-order valence-electron chi connectivity index (χ0n) is 12.3. The molecule has 0 heterocycles. The van der Waals surface area contributed by atoms with Crippen molar-refractivity contribution < 1.29 is 14.3 Å². The van der Waals surface area contributed by atoms with Crippen LogP contribution in [-0.4, -0.2) is 44.8 Å². The van der Waals surface area contributed by atoms with Gasteiger partial charge in [-0.05, 0) is 17.7 Å². The van der Waals surface area contributed by atoms with Crippen molar-refractivity contribution in [2.45, 2.75) is 13.0 Å². The molecule has 6 heteroatoms. The molecule has 5 nitrogen and oxygen atoms in total. The first kappa shape index (κ1) is 17.6. The highest BCUT2D eigenvalue weighted by Crippen LogP contribution is 2.21. The van der Waals surface area contributed by atoms with Gasteiger partial charge in [-0.15, -0.1) is 0 Å². The van der Waals surface area contributed by atoms with Crippen LogP contribution in [0.15, 0.2) is 22.7 Å². The van der Waals surface area contributed by atoms with Crippen molar-refractivity contribution in [3.63, 3.8) is 0 Å². The minimum Gasteiger partial charge on any atom is -0.465 e. The van der Waals surface area contributed by atoms with Gasteiger partial charge in [-0.2, -0.15) is 5.26 Å². The number of nitrogens with zero attached hydrogens (tertiary/aromatic N) is 2. The normalized spacial score (nSPS) is 10.4. The quantitative estimate of drug-likeness (QED) is 0.671. The lowest BCUT2D eigenvalue weighted by molar-refractivity contribution is 0.0600. The maximum absolute atomic E-state index is 11.5. The summed E-state index contributed by atoms with van der Waals surface area (Å²) in [5, 5.41) is 8.72. The Hall–Kier alpha value is -1.42. The van der Waals surface area contributed by atoms with E-state index in [0.717, 1.165) is 16.6 Å². The molecule has 21 heavy (non-hydrogen) atoms. The molecule has 0 bridgehead atoms. The van der Waals surface area contributed by atoms with Crippen LogP contribution >= 0.6 is 15.9 Å². The van der Waals surface area contributed by atoms with Crippen LogP contribution in [0, 0.1) is 11.3 Å². The summed E-state index contributed by atoms with van der Waals surface area (Å²) in [5.74, 6) is -0.358. The Morgan fingerprint density at radius 3 is 2.71 bits per heavy atom. The van der Waals surface area contributed by atoms with E-state index in [1.807, 2.05) is 6.07 Å². The van der Waals surface area contributed by atoms with E-state index in [9.17, 15) is 4.79 Å². The third kappa shape index (κ3) is 5.84. The van der Waals surface area contributed by atoms with Gasteiger partial charge in [0.05, 0.1) is 25.3 Å². The molecule has 0 aliphatic heterocycles. The Kier molecular flexibility index (Phi) is 7.98. The fourth-order valence-electron chi connectivity index (χ4n) is 1.86.